The van der Waals surface area contributed by atoms with Crippen LogP contribution in [0.15, 0.2) is 0 Å². The maximum Gasteiger partial charge on any atom is 0.151 e. The van der Waals surface area contributed by atoms with Crippen LogP contribution in [0.5, 0.6) is 0 Å². The van der Waals surface area contributed by atoms with Crippen LogP contribution in [0.3, 0.4) is 0 Å². The van der Waals surface area contributed by atoms with Gasteiger partial charge in [0, 0.05) is 19.3 Å². The van der Waals surface area contributed by atoms with Crippen molar-refractivity contribution in [3.8, 4) is 0 Å². The SMILES string of the molecule is CCCC(=O)C1C(=O)CC(C)(C)CC1=O. The van der Waals surface area contributed by atoms with E-state index in [0.29, 0.717) is 25.7 Å². The van der Waals surface area contributed by atoms with Crippen LogP contribution in [0.4, 0.5) is 0 Å². The van der Waals surface area contributed by atoms with E-state index in [2.05, 4.69) is 0 Å². The topological polar surface area (TPSA) is 51.2 Å². The highest BCUT2D eigenvalue weighted by molar-refractivity contribution is 6.20. The zero-order valence-corrected chi connectivity index (χ0v) is 9.63. The van der Waals surface area contributed by atoms with Crippen LogP contribution in [-0.2, 0) is 14.4 Å². The second-order valence-corrected chi connectivity index (χ2v) is 5.10. The number of carbonyl (C=O) groups excluding carboxylic acids is 3. The Kier molecular flexibility index (Phi) is 3.42. The minimum absolute atomic E-state index is 0.185. The second kappa shape index (κ2) is 4.25. The molecule has 0 saturated heterocycles. The quantitative estimate of drug-likeness (QED) is 0.669. The van der Waals surface area contributed by atoms with Crippen molar-refractivity contribution in [3.05, 3.63) is 0 Å². The second-order valence-electron chi connectivity index (χ2n) is 5.10. The molecule has 0 aromatic heterocycles. The average Bonchev–Trinajstić information content (AvgIpc) is 1.99. The Bertz CT molecular complexity index is 282. The van der Waals surface area contributed by atoms with Gasteiger partial charge in [-0.25, -0.2) is 0 Å². The van der Waals surface area contributed by atoms with E-state index in [1.807, 2.05) is 20.8 Å². The van der Waals surface area contributed by atoms with Crippen LogP contribution in [0, 0.1) is 11.3 Å². The highest BCUT2D eigenvalue weighted by Gasteiger charge is 2.42. The van der Waals surface area contributed by atoms with Crippen LogP contribution in [0.25, 0.3) is 0 Å². The molecule has 84 valence electrons. The fourth-order valence-electron chi connectivity index (χ4n) is 2.14. The van der Waals surface area contributed by atoms with Gasteiger partial charge >= 0.3 is 0 Å². The molecule has 0 bridgehead atoms. The summed E-state index contributed by atoms with van der Waals surface area (Å²) >= 11 is 0. The van der Waals surface area contributed by atoms with Crippen LogP contribution in [0.2, 0.25) is 0 Å². The molecular weight excluding hydrogens is 192 g/mol. The Hall–Kier alpha value is -0.990. The van der Waals surface area contributed by atoms with Gasteiger partial charge < -0.3 is 0 Å². The fourth-order valence-corrected chi connectivity index (χ4v) is 2.14. The molecule has 0 N–H and O–H groups in total. The smallest absolute Gasteiger partial charge is 0.151 e. The average molecular weight is 210 g/mol. The third kappa shape index (κ3) is 2.74. The molecule has 1 fully saturated rings. The van der Waals surface area contributed by atoms with Crippen molar-refractivity contribution in [1.82, 2.24) is 0 Å². The number of ketones is 3. The predicted molar refractivity (Wildman–Crippen MR) is 56.4 cm³/mol. The van der Waals surface area contributed by atoms with Gasteiger partial charge in [0.15, 0.2) is 17.3 Å². The van der Waals surface area contributed by atoms with E-state index in [0.717, 1.165) is 0 Å². The molecule has 0 heterocycles. The summed E-state index contributed by atoms with van der Waals surface area (Å²) in [5, 5.41) is 0. The molecule has 15 heavy (non-hydrogen) atoms. The maximum atomic E-state index is 11.7. The minimum atomic E-state index is -0.946. The minimum Gasteiger partial charge on any atom is -0.298 e. The zero-order valence-electron chi connectivity index (χ0n) is 9.63. The van der Waals surface area contributed by atoms with E-state index >= 15 is 0 Å². The van der Waals surface area contributed by atoms with Crippen molar-refractivity contribution in [2.24, 2.45) is 11.3 Å². The Balaban J connectivity index is 2.80. The van der Waals surface area contributed by atoms with E-state index < -0.39 is 5.92 Å². The van der Waals surface area contributed by atoms with Crippen LogP contribution >= 0.6 is 0 Å². The molecule has 0 atom stereocenters. The maximum absolute atomic E-state index is 11.7. The molecule has 0 radical (unpaired) electrons. The number of carbonyl (C=O) groups is 3. The molecule has 0 amide bonds. The van der Waals surface area contributed by atoms with E-state index in [-0.39, 0.29) is 22.8 Å². The van der Waals surface area contributed by atoms with Gasteiger partial charge in [-0.2, -0.15) is 0 Å². The monoisotopic (exact) mass is 210 g/mol. The van der Waals surface area contributed by atoms with Crippen LogP contribution in [0.1, 0.15) is 46.5 Å². The zero-order chi connectivity index (χ0) is 11.6. The van der Waals surface area contributed by atoms with Gasteiger partial charge in [0.1, 0.15) is 5.92 Å². The normalized spacial score (nSPS) is 21.8. The number of rotatable bonds is 3. The first-order chi connectivity index (χ1) is 6.87. The molecule has 3 nitrogen and oxygen atoms in total. The molecule has 0 spiro atoms. The molecular formula is C12H18O3. The van der Waals surface area contributed by atoms with E-state index in [9.17, 15) is 14.4 Å². The summed E-state index contributed by atoms with van der Waals surface area (Å²) in [4.78, 5) is 35.0. The Morgan fingerprint density at radius 1 is 1.27 bits per heavy atom. The molecule has 1 aliphatic rings. The first-order valence-electron chi connectivity index (χ1n) is 5.45. The standard InChI is InChI=1S/C12H18O3/c1-4-5-8(13)11-9(14)6-12(2,3)7-10(11)15/h11H,4-7H2,1-3H3. The molecule has 0 unspecified atom stereocenters. The summed E-state index contributed by atoms with van der Waals surface area (Å²) in [6, 6.07) is 0. The van der Waals surface area contributed by atoms with Gasteiger partial charge in [-0.3, -0.25) is 14.4 Å². The number of hydrogen-bond acceptors (Lipinski definition) is 3. The fraction of sp³-hybridized carbons (Fsp3) is 0.750. The van der Waals surface area contributed by atoms with Crippen molar-refractivity contribution >= 4 is 17.3 Å². The third-order valence-electron chi connectivity index (χ3n) is 2.77. The van der Waals surface area contributed by atoms with Crippen LogP contribution < -0.4 is 0 Å². The van der Waals surface area contributed by atoms with Gasteiger partial charge in [0.2, 0.25) is 0 Å². The van der Waals surface area contributed by atoms with Gasteiger partial charge in [0.05, 0.1) is 0 Å². The molecule has 3 heteroatoms. The van der Waals surface area contributed by atoms with Gasteiger partial charge in [-0.05, 0) is 11.8 Å². The highest BCUT2D eigenvalue weighted by atomic mass is 16.2. The summed E-state index contributed by atoms with van der Waals surface area (Å²) in [5.41, 5.74) is -0.267. The number of hydrogen-bond donors (Lipinski definition) is 0. The largest absolute Gasteiger partial charge is 0.298 e. The summed E-state index contributed by atoms with van der Waals surface area (Å²) < 4.78 is 0. The number of Topliss-reactive ketones (excluding diaryl/α,β-unsaturated/α-hetero) is 3. The first-order valence-corrected chi connectivity index (χ1v) is 5.45. The van der Waals surface area contributed by atoms with Gasteiger partial charge in [-0.15, -0.1) is 0 Å². The van der Waals surface area contributed by atoms with Crippen molar-refractivity contribution < 1.29 is 14.4 Å². The predicted octanol–water partition coefficient (Wildman–Crippen LogP) is 1.93. The molecule has 1 rings (SSSR count). The summed E-state index contributed by atoms with van der Waals surface area (Å²) in [7, 11) is 0. The first kappa shape index (κ1) is 12.1. The van der Waals surface area contributed by atoms with Gasteiger partial charge in [0.25, 0.3) is 0 Å². The lowest BCUT2D eigenvalue weighted by molar-refractivity contribution is -0.145. The van der Waals surface area contributed by atoms with E-state index in [4.69, 9.17) is 0 Å². The van der Waals surface area contributed by atoms with Crippen molar-refractivity contribution in [1.29, 1.82) is 0 Å². The molecule has 1 saturated carbocycles. The molecule has 0 aliphatic heterocycles. The molecule has 0 aromatic carbocycles. The van der Waals surface area contributed by atoms with E-state index in [1.54, 1.807) is 0 Å². The van der Waals surface area contributed by atoms with E-state index in [1.165, 1.54) is 0 Å². The lowest BCUT2D eigenvalue weighted by atomic mass is 9.70. The Labute approximate surface area is 90.2 Å². The van der Waals surface area contributed by atoms with Gasteiger partial charge in [-0.1, -0.05) is 20.8 Å². The Morgan fingerprint density at radius 2 is 1.73 bits per heavy atom. The van der Waals surface area contributed by atoms with Crippen molar-refractivity contribution in [3.63, 3.8) is 0 Å². The summed E-state index contributed by atoms with van der Waals surface area (Å²) in [6.07, 6.45) is 1.72. The lowest BCUT2D eigenvalue weighted by Gasteiger charge is -2.31. The van der Waals surface area contributed by atoms with Crippen molar-refractivity contribution in [2.75, 3.05) is 0 Å². The molecule has 1 aliphatic carbocycles. The summed E-state index contributed by atoms with van der Waals surface area (Å²) in [6.45, 7) is 5.66. The lowest BCUT2D eigenvalue weighted by Crippen LogP contribution is -2.41. The van der Waals surface area contributed by atoms with Crippen molar-refractivity contribution in [2.45, 2.75) is 46.5 Å². The summed E-state index contributed by atoms with van der Waals surface area (Å²) in [5.74, 6) is -1.51. The highest BCUT2D eigenvalue weighted by Crippen LogP contribution is 2.34. The Morgan fingerprint density at radius 3 is 2.13 bits per heavy atom. The third-order valence-corrected chi connectivity index (χ3v) is 2.77. The van der Waals surface area contributed by atoms with Crippen LogP contribution in [-0.4, -0.2) is 17.3 Å². The molecule has 0 aromatic rings.